The average Bonchev–Trinajstić information content (AvgIpc) is 3.36. The second-order valence-electron chi connectivity index (χ2n) is 9.85. The third kappa shape index (κ3) is 8.03. The molecular formula is C29H34Cl2N8O3. The van der Waals surface area contributed by atoms with Gasteiger partial charge in [0.25, 0.3) is 0 Å². The van der Waals surface area contributed by atoms with Crippen LogP contribution < -0.4 is 27.3 Å². The van der Waals surface area contributed by atoms with E-state index in [1.54, 1.807) is 30.3 Å². The van der Waals surface area contributed by atoms with Crippen LogP contribution >= 0.6 is 23.2 Å². The molecule has 0 fully saturated rings. The van der Waals surface area contributed by atoms with Crippen LogP contribution in [0.3, 0.4) is 0 Å². The fourth-order valence-electron chi connectivity index (χ4n) is 4.88. The lowest BCUT2D eigenvalue weighted by Gasteiger charge is -2.17. The van der Waals surface area contributed by atoms with E-state index >= 15 is 0 Å². The van der Waals surface area contributed by atoms with Crippen LogP contribution in [0.4, 0.5) is 16.2 Å². The number of imidazole rings is 1. The van der Waals surface area contributed by atoms with E-state index in [0.717, 1.165) is 49.7 Å². The lowest BCUT2D eigenvalue weighted by atomic mass is 9.98. The molecule has 7 N–H and O–H groups in total. The van der Waals surface area contributed by atoms with Crippen molar-refractivity contribution in [2.24, 2.45) is 16.8 Å². The molecule has 0 spiro atoms. The largest absolute Gasteiger partial charge is 0.453 e. The number of rotatable bonds is 6. The number of methoxy groups -OCH3 is 1. The van der Waals surface area contributed by atoms with E-state index in [0.29, 0.717) is 45.1 Å². The van der Waals surface area contributed by atoms with Crippen LogP contribution in [0.1, 0.15) is 61.5 Å². The molecule has 11 nitrogen and oxygen atoms in total. The first-order valence-electron chi connectivity index (χ1n) is 13.6. The van der Waals surface area contributed by atoms with E-state index in [-0.39, 0.29) is 5.91 Å². The van der Waals surface area contributed by atoms with Crippen molar-refractivity contribution >= 4 is 59.0 Å². The van der Waals surface area contributed by atoms with Gasteiger partial charge in [0.1, 0.15) is 23.0 Å². The minimum atomic E-state index is -0.538. The molecule has 42 heavy (non-hydrogen) atoms. The van der Waals surface area contributed by atoms with Gasteiger partial charge in [-0.15, -0.1) is 0 Å². The van der Waals surface area contributed by atoms with E-state index in [1.807, 2.05) is 12.1 Å². The molecule has 222 valence electrons. The monoisotopic (exact) mass is 612 g/mol. The Balaban J connectivity index is 1.60. The molecular weight excluding hydrogens is 579 g/mol. The summed E-state index contributed by atoms with van der Waals surface area (Å²) in [4.78, 5) is 32.9. The number of anilines is 2. The number of nitrogens with zero attached hydrogens (tertiary/aromatic N) is 3. The molecule has 1 aromatic heterocycles. The SMILES string of the molecule is COC(=O)Nc1ccc2c(c1)CCCCCCC[C@H](NC(=O)/C=C/c1cc(Cl)ccc1N(N)/C=N\N)c1nc-2c(Cl)[nH]1. The zero-order valence-electron chi connectivity index (χ0n) is 23.2. The summed E-state index contributed by atoms with van der Waals surface area (Å²) in [5.74, 6) is 11.5. The maximum absolute atomic E-state index is 13.1. The minimum absolute atomic E-state index is 0.320. The van der Waals surface area contributed by atoms with Crippen molar-refractivity contribution in [1.82, 2.24) is 15.3 Å². The molecule has 1 aliphatic rings. The number of ether oxygens (including phenoxy) is 1. The quantitative estimate of drug-likeness (QED) is 0.0758. The first-order valence-corrected chi connectivity index (χ1v) is 14.3. The van der Waals surface area contributed by atoms with Gasteiger partial charge in [-0.1, -0.05) is 55.0 Å². The maximum atomic E-state index is 13.1. The molecule has 1 aliphatic heterocycles. The number of hydrazine groups is 1. The first-order chi connectivity index (χ1) is 20.3. The second-order valence-corrected chi connectivity index (χ2v) is 10.7. The van der Waals surface area contributed by atoms with Crippen molar-refractivity contribution in [1.29, 1.82) is 0 Å². The molecule has 0 saturated carbocycles. The zero-order valence-corrected chi connectivity index (χ0v) is 24.7. The summed E-state index contributed by atoms with van der Waals surface area (Å²) >= 11 is 12.9. The number of aromatic nitrogens is 2. The van der Waals surface area contributed by atoms with Crippen LogP contribution in [-0.2, 0) is 16.0 Å². The maximum Gasteiger partial charge on any atom is 0.411 e. The Labute approximate surface area is 254 Å². The lowest BCUT2D eigenvalue weighted by Crippen LogP contribution is -2.30. The van der Waals surface area contributed by atoms with Gasteiger partial charge in [-0.25, -0.2) is 15.6 Å². The number of nitrogens with two attached hydrogens (primary N) is 2. The van der Waals surface area contributed by atoms with Gasteiger partial charge in [-0.3, -0.25) is 15.1 Å². The number of carbonyl (C=O) groups is 2. The molecule has 0 aliphatic carbocycles. The molecule has 0 unspecified atom stereocenters. The van der Waals surface area contributed by atoms with Crippen LogP contribution in [0.25, 0.3) is 17.3 Å². The standard InChI is InChI=1S/C29H34Cl2N8O3/c1-42-29(41)35-21-11-12-22-18(16-21)7-5-3-2-4-6-8-23(28-37-26(22)27(31)38-28)36-25(40)14-9-19-15-20(30)10-13-24(19)39(33)17-34-32/h9-17,23H,2-8,32-33H2,1H3,(H,35,41)(H,36,40)(H,37,38)/b14-9+,34-17-/t23-/m0/s1. The number of hydrazone groups is 1. The van der Waals surface area contributed by atoms with E-state index in [1.165, 1.54) is 24.5 Å². The predicted octanol–water partition coefficient (Wildman–Crippen LogP) is 5.91. The molecule has 1 atom stereocenters. The van der Waals surface area contributed by atoms with Gasteiger partial charge in [-0.05, 0) is 61.2 Å². The molecule has 13 heteroatoms. The summed E-state index contributed by atoms with van der Waals surface area (Å²) in [6, 6.07) is 10.3. The highest BCUT2D eigenvalue weighted by Gasteiger charge is 2.22. The van der Waals surface area contributed by atoms with Crippen molar-refractivity contribution in [2.45, 2.75) is 51.0 Å². The number of hydrogen-bond acceptors (Lipinski definition) is 7. The molecule has 2 aromatic carbocycles. The number of carbonyl (C=O) groups excluding carboxylic acids is 2. The highest BCUT2D eigenvalue weighted by molar-refractivity contribution is 6.32. The summed E-state index contributed by atoms with van der Waals surface area (Å²) in [5, 5.41) is 11.3. The molecule has 2 bridgehead atoms. The molecule has 0 saturated heterocycles. The minimum Gasteiger partial charge on any atom is -0.453 e. The Morgan fingerprint density at radius 1 is 1.14 bits per heavy atom. The lowest BCUT2D eigenvalue weighted by molar-refractivity contribution is -0.117. The Hall–Kier alpha value is -4.06. The Morgan fingerprint density at radius 2 is 1.93 bits per heavy atom. The van der Waals surface area contributed by atoms with Crippen molar-refractivity contribution < 1.29 is 14.3 Å². The number of fused-ring (bicyclic) bond motifs is 4. The van der Waals surface area contributed by atoms with Gasteiger partial charge < -0.3 is 20.9 Å². The number of aromatic amines is 1. The van der Waals surface area contributed by atoms with Gasteiger partial charge in [-0.2, -0.15) is 5.10 Å². The van der Waals surface area contributed by atoms with Gasteiger partial charge in [0.2, 0.25) is 5.91 Å². The molecule has 2 amide bonds. The second kappa shape index (κ2) is 14.7. The van der Waals surface area contributed by atoms with Crippen molar-refractivity contribution in [2.75, 3.05) is 17.4 Å². The van der Waals surface area contributed by atoms with Crippen LogP contribution in [0.2, 0.25) is 10.2 Å². The van der Waals surface area contributed by atoms with E-state index in [4.69, 9.17) is 44.6 Å². The fraction of sp³-hybridized carbons (Fsp3) is 0.310. The average molecular weight is 614 g/mol. The van der Waals surface area contributed by atoms with Gasteiger partial charge in [0.05, 0.1) is 18.8 Å². The summed E-state index contributed by atoms with van der Waals surface area (Å²) in [6.07, 6.45) is 10.3. The third-order valence-corrected chi connectivity index (χ3v) is 7.44. The van der Waals surface area contributed by atoms with Crippen LogP contribution in [-0.4, -0.2) is 35.4 Å². The molecule has 4 rings (SSSR count). The summed E-state index contributed by atoms with van der Waals surface area (Å²) in [6.45, 7) is 0. The smallest absolute Gasteiger partial charge is 0.411 e. The fourth-order valence-corrected chi connectivity index (χ4v) is 5.30. The molecule has 3 aromatic rings. The third-order valence-electron chi connectivity index (χ3n) is 6.93. The van der Waals surface area contributed by atoms with Crippen LogP contribution in [0.15, 0.2) is 47.6 Å². The number of halogens is 2. The number of benzene rings is 2. The van der Waals surface area contributed by atoms with Gasteiger partial charge >= 0.3 is 6.09 Å². The Bertz CT molecular complexity index is 1470. The highest BCUT2D eigenvalue weighted by Crippen LogP contribution is 2.34. The number of nitrogens with one attached hydrogen (secondary N) is 3. The number of H-pyrrole nitrogens is 1. The number of amides is 2. The number of hydrogen-bond donors (Lipinski definition) is 5. The summed E-state index contributed by atoms with van der Waals surface area (Å²) < 4.78 is 4.73. The molecule has 2 heterocycles. The van der Waals surface area contributed by atoms with Crippen molar-refractivity contribution in [3.05, 3.63) is 69.6 Å². The van der Waals surface area contributed by atoms with Crippen LogP contribution in [0, 0.1) is 0 Å². The zero-order chi connectivity index (χ0) is 30.1. The summed E-state index contributed by atoms with van der Waals surface area (Å²) in [7, 11) is 1.32. The highest BCUT2D eigenvalue weighted by atomic mass is 35.5. The predicted molar refractivity (Wildman–Crippen MR) is 167 cm³/mol. The van der Waals surface area contributed by atoms with E-state index < -0.39 is 12.1 Å². The van der Waals surface area contributed by atoms with Gasteiger partial charge in [0.15, 0.2) is 0 Å². The first kappa shape index (κ1) is 30.9. The van der Waals surface area contributed by atoms with Crippen molar-refractivity contribution in [3.63, 3.8) is 0 Å². The Kier molecular flexibility index (Phi) is 10.8. The summed E-state index contributed by atoms with van der Waals surface area (Å²) in [5.41, 5.74) is 4.26. The topological polar surface area (TPSA) is 164 Å². The van der Waals surface area contributed by atoms with Gasteiger partial charge in [0, 0.05) is 27.9 Å². The number of aryl methyl sites for hydroxylation is 1. The molecule has 0 radical (unpaired) electrons. The normalized spacial score (nSPS) is 15.8. The van der Waals surface area contributed by atoms with Crippen molar-refractivity contribution in [3.8, 4) is 11.3 Å². The van der Waals surface area contributed by atoms with Crippen LogP contribution in [0.5, 0.6) is 0 Å². The Morgan fingerprint density at radius 3 is 2.71 bits per heavy atom. The van der Waals surface area contributed by atoms with E-state index in [9.17, 15) is 9.59 Å². The van der Waals surface area contributed by atoms with E-state index in [2.05, 4.69) is 20.7 Å².